The van der Waals surface area contributed by atoms with E-state index in [0.29, 0.717) is 11.3 Å². The van der Waals surface area contributed by atoms with E-state index in [4.69, 9.17) is 4.74 Å². The quantitative estimate of drug-likeness (QED) is 0.625. The molecule has 3 rings (SSSR count). The molecule has 2 heterocycles. The van der Waals surface area contributed by atoms with Crippen LogP contribution >= 0.6 is 0 Å². The molecule has 3 aromatic rings. The van der Waals surface area contributed by atoms with Crippen molar-refractivity contribution in [2.24, 2.45) is 0 Å². The predicted molar refractivity (Wildman–Crippen MR) is 112 cm³/mol. The normalized spacial score (nSPS) is 12.1. The summed E-state index contributed by atoms with van der Waals surface area (Å²) in [6.07, 6.45) is 1.64. The van der Waals surface area contributed by atoms with Gasteiger partial charge in [-0.15, -0.1) is 0 Å². The van der Waals surface area contributed by atoms with Gasteiger partial charge in [-0.1, -0.05) is 0 Å². The Morgan fingerprint density at radius 1 is 1.13 bits per heavy atom. The third-order valence-corrected chi connectivity index (χ3v) is 5.84. The number of pyridine rings is 1. The molecule has 0 unspecified atom stereocenters. The maximum absolute atomic E-state index is 12.3. The molecule has 0 atom stereocenters. The lowest BCUT2D eigenvalue weighted by Gasteiger charge is -2.20. The molecule has 0 bridgehead atoms. The standard InChI is InChI=1S/C21H23N3O5S/c1-14-9-10-24-18(11-14)22-16(12-19(24)25)13-29-20(26)15-5-7-17(8-6-15)30(27,28)23-21(2,3)4/h5-12,23H,13H2,1-4H3. The lowest BCUT2D eigenvalue weighted by molar-refractivity contribution is 0.0467. The van der Waals surface area contributed by atoms with Crippen molar-refractivity contribution < 1.29 is 17.9 Å². The summed E-state index contributed by atoms with van der Waals surface area (Å²) in [5.74, 6) is -0.644. The first-order valence-corrected chi connectivity index (χ1v) is 10.7. The van der Waals surface area contributed by atoms with Crippen molar-refractivity contribution >= 4 is 21.6 Å². The van der Waals surface area contributed by atoms with E-state index in [0.717, 1.165) is 5.56 Å². The second-order valence-corrected chi connectivity index (χ2v) is 9.66. The van der Waals surface area contributed by atoms with Crippen LogP contribution in [0, 0.1) is 6.92 Å². The third-order valence-electron chi connectivity index (χ3n) is 4.07. The highest BCUT2D eigenvalue weighted by atomic mass is 32.2. The topological polar surface area (TPSA) is 107 Å². The molecule has 1 N–H and O–H groups in total. The largest absolute Gasteiger partial charge is 0.456 e. The van der Waals surface area contributed by atoms with E-state index in [1.165, 1.54) is 34.7 Å². The fraction of sp³-hybridized carbons (Fsp3) is 0.286. The van der Waals surface area contributed by atoms with Gasteiger partial charge in [-0.25, -0.2) is 22.9 Å². The third kappa shape index (κ3) is 5.11. The lowest BCUT2D eigenvalue weighted by atomic mass is 10.1. The summed E-state index contributed by atoms with van der Waals surface area (Å²) in [5, 5.41) is 0. The maximum Gasteiger partial charge on any atom is 0.338 e. The number of nitrogens with one attached hydrogen (secondary N) is 1. The minimum Gasteiger partial charge on any atom is -0.456 e. The van der Waals surface area contributed by atoms with Gasteiger partial charge < -0.3 is 4.74 Å². The molecule has 158 valence electrons. The number of benzene rings is 1. The zero-order valence-electron chi connectivity index (χ0n) is 17.2. The zero-order valence-corrected chi connectivity index (χ0v) is 18.0. The summed E-state index contributed by atoms with van der Waals surface area (Å²) >= 11 is 0. The van der Waals surface area contributed by atoms with Crippen molar-refractivity contribution in [3.05, 3.63) is 75.8 Å². The van der Waals surface area contributed by atoms with Gasteiger partial charge in [0.05, 0.1) is 16.2 Å². The number of carbonyl (C=O) groups is 1. The molecule has 0 aliphatic carbocycles. The Balaban J connectivity index is 1.72. The highest BCUT2D eigenvalue weighted by Crippen LogP contribution is 2.15. The summed E-state index contributed by atoms with van der Waals surface area (Å²) in [6, 6.07) is 10.3. The predicted octanol–water partition coefficient (Wildman–Crippen LogP) is 2.44. The highest BCUT2D eigenvalue weighted by molar-refractivity contribution is 7.89. The SMILES string of the molecule is Cc1ccn2c(=O)cc(COC(=O)c3ccc(S(=O)(=O)NC(C)(C)C)cc3)nc2c1. The van der Waals surface area contributed by atoms with Crippen LogP contribution in [0.3, 0.4) is 0 Å². The van der Waals surface area contributed by atoms with Gasteiger partial charge in [0.25, 0.3) is 5.56 Å². The molecule has 9 heteroatoms. The number of hydrogen-bond acceptors (Lipinski definition) is 6. The van der Waals surface area contributed by atoms with Gasteiger partial charge in [0, 0.05) is 17.8 Å². The summed E-state index contributed by atoms with van der Waals surface area (Å²) in [6.45, 7) is 6.93. The van der Waals surface area contributed by atoms with Crippen LogP contribution in [0.25, 0.3) is 5.65 Å². The number of hydrogen-bond donors (Lipinski definition) is 1. The van der Waals surface area contributed by atoms with E-state index in [1.807, 2.05) is 6.92 Å². The number of aryl methyl sites for hydroxylation is 1. The van der Waals surface area contributed by atoms with Crippen molar-refractivity contribution in [2.45, 2.75) is 44.7 Å². The first-order chi connectivity index (χ1) is 13.9. The van der Waals surface area contributed by atoms with Gasteiger partial charge in [-0.3, -0.25) is 9.20 Å². The van der Waals surface area contributed by atoms with E-state index >= 15 is 0 Å². The molecular weight excluding hydrogens is 406 g/mol. The molecular formula is C21H23N3O5S. The van der Waals surface area contributed by atoms with Crippen LogP contribution < -0.4 is 10.3 Å². The molecule has 0 saturated heterocycles. The lowest BCUT2D eigenvalue weighted by Crippen LogP contribution is -2.40. The smallest absolute Gasteiger partial charge is 0.338 e. The Labute approximate surface area is 174 Å². The number of aromatic nitrogens is 2. The number of sulfonamides is 1. The number of rotatable bonds is 5. The average Bonchev–Trinajstić information content (AvgIpc) is 2.64. The number of esters is 1. The molecule has 0 radical (unpaired) electrons. The molecule has 0 saturated carbocycles. The second kappa shape index (κ2) is 8.00. The molecule has 2 aromatic heterocycles. The van der Waals surface area contributed by atoms with Gasteiger partial charge in [0.1, 0.15) is 12.3 Å². The van der Waals surface area contributed by atoms with Gasteiger partial charge in [-0.05, 0) is 69.7 Å². The molecule has 0 aliphatic rings. The fourth-order valence-corrected chi connectivity index (χ4v) is 4.20. The first kappa shape index (κ1) is 21.7. The van der Waals surface area contributed by atoms with Crippen LogP contribution in [0.4, 0.5) is 0 Å². The Morgan fingerprint density at radius 2 is 1.80 bits per heavy atom. The summed E-state index contributed by atoms with van der Waals surface area (Å²) < 4.78 is 33.9. The van der Waals surface area contributed by atoms with Crippen molar-refractivity contribution in [3.8, 4) is 0 Å². The molecule has 30 heavy (non-hydrogen) atoms. The molecule has 0 spiro atoms. The number of fused-ring (bicyclic) bond motifs is 1. The summed E-state index contributed by atoms with van der Waals surface area (Å²) in [5.41, 5.74) is 1.04. The van der Waals surface area contributed by atoms with Crippen LogP contribution in [-0.4, -0.2) is 29.3 Å². The van der Waals surface area contributed by atoms with Crippen LogP contribution in [-0.2, 0) is 21.4 Å². The number of ether oxygens (including phenoxy) is 1. The first-order valence-electron chi connectivity index (χ1n) is 9.25. The molecule has 8 nitrogen and oxygen atoms in total. The van der Waals surface area contributed by atoms with Crippen molar-refractivity contribution in [1.82, 2.24) is 14.1 Å². The Kier molecular flexibility index (Phi) is 5.78. The van der Waals surface area contributed by atoms with Gasteiger partial charge in [0.15, 0.2) is 0 Å². The van der Waals surface area contributed by atoms with E-state index in [9.17, 15) is 18.0 Å². The van der Waals surface area contributed by atoms with E-state index in [-0.39, 0.29) is 22.6 Å². The van der Waals surface area contributed by atoms with Crippen LogP contribution in [0.1, 0.15) is 42.4 Å². The van der Waals surface area contributed by atoms with Crippen molar-refractivity contribution in [2.75, 3.05) is 0 Å². The molecule has 0 fully saturated rings. The monoisotopic (exact) mass is 429 g/mol. The van der Waals surface area contributed by atoms with Gasteiger partial charge >= 0.3 is 5.97 Å². The van der Waals surface area contributed by atoms with Crippen LogP contribution in [0.2, 0.25) is 0 Å². The van der Waals surface area contributed by atoms with Crippen LogP contribution in [0.5, 0.6) is 0 Å². The van der Waals surface area contributed by atoms with Crippen molar-refractivity contribution in [3.63, 3.8) is 0 Å². The van der Waals surface area contributed by atoms with E-state index in [1.54, 1.807) is 39.1 Å². The average molecular weight is 429 g/mol. The molecule has 1 aromatic carbocycles. The molecule has 0 aliphatic heterocycles. The maximum atomic E-state index is 12.3. The minimum absolute atomic E-state index is 0.0496. The van der Waals surface area contributed by atoms with E-state index < -0.39 is 21.5 Å². The summed E-state index contributed by atoms with van der Waals surface area (Å²) in [4.78, 5) is 28.9. The van der Waals surface area contributed by atoms with Crippen LogP contribution in [0.15, 0.2) is 58.4 Å². The Hall–Kier alpha value is -3.04. The van der Waals surface area contributed by atoms with Crippen molar-refractivity contribution in [1.29, 1.82) is 0 Å². The Morgan fingerprint density at radius 3 is 2.43 bits per heavy atom. The Bertz CT molecular complexity index is 1260. The van der Waals surface area contributed by atoms with Gasteiger partial charge in [-0.2, -0.15) is 0 Å². The zero-order chi connectivity index (χ0) is 22.1. The number of carbonyl (C=O) groups excluding carboxylic acids is 1. The highest BCUT2D eigenvalue weighted by Gasteiger charge is 2.22. The van der Waals surface area contributed by atoms with E-state index in [2.05, 4.69) is 9.71 Å². The van der Waals surface area contributed by atoms with Gasteiger partial charge in [0.2, 0.25) is 10.0 Å². The number of nitrogens with zero attached hydrogens (tertiary/aromatic N) is 2. The molecule has 0 amide bonds. The summed E-state index contributed by atoms with van der Waals surface area (Å²) in [7, 11) is -3.69. The minimum atomic E-state index is -3.69. The fourth-order valence-electron chi connectivity index (χ4n) is 2.78. The second-order valence-electron chi connectivity index (χ2n) is 7.97.